The molecular formula is C20H22FN3O3. The van der Waals surface area contributed by atoms with Gasteiger partial charge in [-0.1, -0.05) is 12.1 Å². The van der Waals surface area contributed by atoms with E-state index in [-0.39, 0.29) is 24.2 Å². The third kappa shape index (κ3) is 4.68. The number of halogens is 1. The summed E-state index contributed by atoms with van der Waals surface area (Å²) in [6.07, 6.45) is 1.84. The maximum absolute atomic E-state index is 13.1. The van der Waals surface area contributed by atoms with Gasteiger partial charge in [-0.25, -0.2) is 9.38 Å². The Labute approximate surface area is 157 Å². The molecule has 0 saturated carbocycles. The summed E-state index contributed by atoms with van der Waals surface area (Å²) in [5, 5.41) is 2.92. The number of fused-ring (bicyclic) bond motifs is 1. The minimum absolute atomic E-state index is 0.138. The highest BCUT2D eigenvalue weighted by atomic mass is 19.1. The predicted octanol–water partition coefficient (Wildman–Crippen LogP) is 2.56. The Bertz CT molecular complexity index is 837. The van der Waals surface area contributed by atoms with Crippen molar-refractivity contribution in [3.8, 4) is 0 Å². The van der Waals surface area contributed by atoms with Crippen LogP contribution in [-0.4, -0.2) is 37.1 Å². The van der Waals surface area contributed by atoms with Crippen molar-refractivity contribution in [2.75, 3.05) is 20.3 Å². The van der Waals surface area contributed by atoms with Crippen LogP contribution in [-0.2, 0) is 27.2 Å². The number of benzene rings is 1. The molecule has 0 saturated heterocycles. The van der Waals surface area contributed by atoms with Crippen molar-refractivity contribution in [1.82, 2.24) is 10.3 Å². The molecule has 0 bridgehead atoms. The van der Waals surface area contributed by atoms with Crippen molar-refractivity contribution in [2.45, 2.75) is 25.9 Å². The zero-order chi connectivity index (χ0) is 19.2. The van der Waals surface area contributed by atoms with Crippen molar-refractivity contribution in [1.29, 1.82) is 0 Å². The average Bonchev–Trinajstić information content (AvgIpc) is 3.04. The number of ether oxygens (including phenoxy) is 2. The number of hydrogen-bond acceptors (Lipinski definition) is 5. The van der Waals surface area contributed by atoms with Gasteiger partial charge in [0.25, 0.3) is 0 Å². The van der Waals surface area contributed by atoms with Crippen LogP contribution in [0.1, 0.15) is 35.3 Å². The minimum Gasteiger partial charge on any atom is -0.478 e. The SMILES string of the molecule is CCOC1=NCc2cc(CC(=O)N[C@@H](COC)c3ccc(F)cc3)ncc21. The van der Waals surface area contributed by atoms with E-state index in [0.29, 0.717) is 31.4 Å². The topological polar surface area (TPSA) is 72.8 Å². The largest absolute Gasteiger partial charge is 0.478 e. The van der Waals surface area contributed by atoms with Crippen LogP contribution < -0.4 is 5.32 Å². The Kier molecular flexibility index (Phi) is 6.13. The Morgan fingerprint density at radius 3 is 2.81 bits per heavy atom. The van der Waals surface area contributed by atoms with Gasteiger partial charge in [-0.05, 0) is 36.2 Å². The minimum atomic E-state index is -0.356. The van der Waals surface area contributed by atoms with Crippen LogP contribution in [0.25, 0.3) is 0 Å². The first-order valence-corrected chi connectivity index (χ1v) is 8.80. The number of nitrogens with one attached hydrogen (secondary N) is 1. The maximum Gasteiger partial charge on any atom is 0.226 e. The third-order valence-electron chi connectivity index (χ3n) is 4.23. The molecule has 2 heterocycles. The van der Waals surface area contributed by atoms with Gasteiger partial charge in [0.15, 0.2) is 0 Å². The number of aromatic nitrogens is 1. The zero-order valence-corrected chi connectivity index (χ0v) is 15.4. The summed E-state index contributed by atoms with van der Waals surface area (Å²) in [5.74, 6) is 0.0995. The summed E-state index contributed by atoms with van der Waals surface area (Å²) in [7, 11) is 1.56. The molecule has 3 rings (SSSR count). The molecule has 2 aromatic rings. The fourth-order valence-electron chi connectivity index (χ4n) is 2.96. The Morgan fingerprint density at radius 1 is 1.33 bits per heavy atom. The standard InChI is InChI=1S/C20H22FN3O3/c1-3-27-20-17-11-22-16(8-14(17)10-23-20)9-19(25)24-18(12-26-2)13-4-6-15(21)7-5-13/h4-8,11,18H,3,9-10,12H2,1-2H3,(H,24,25)/t18-/m0/s1. The number of amides is 1. The molecule has 1 aromatic carbocycles. The molecular weight excluding hydrogens is 349 g/mol. The van der Waals surface area contributed by atoms with Crippen LogP contribution in [0.5, 0.6) is 0 Å². The van der Waals surface area contributed by atoms with E-state index in [1.54, 1.807) is 25.4 Å². The van der Waals surface area contributed by atoms with Gasteiger partial charge < -0.3 is 14.8 Å². The van der Waals surface area contributed by atoms with E-state index >= 15 is 0 Å². The number of aliphatic imine (C=N–C) groups is 1. The molecule has 0 radical (unpaired) electrons. The molecule has 1 atom stereocenters. The number of pyridine rings is 1. The first kappa shape index (κ1) is 19.0. The van der Waals surface area contributed by atoms with Gasteiger partial charge in [0, 0.05) is 13.3 Å². The molecule has 6 nitrogen and oxygen atoms in total. The lowest BCUT2D eigenvalue weighted by Gasteiger charge is -2.18. The Morgan fingerprint density at radius 2 is 2.11 bits per heavy atom. The van der Waals surface area contributed by atoms with Crippen LogP contribution >= 0.6 is 0 Å². The number of hydrogen-bond donors (Lipinski definition) is 1. The quantitative estimate of drug-likeness (QED) is 0.812. The van der Waals surface area contributed by atoms with Gasteiger partial charge in [-0.15, -0.1) is 0 Å². The third-order valence-corrected chi connectivity index (χ3v) is 4.23. The van der Waals surface area contributed by atoms with E-state index in [1.165, 1.54) is 12.1 Å². The second-order valence-corrected chi connectivity index (χ2v) is 6.19. The fourth-order valence-corrected chi connectivity index (χ4v) is 2.96. The predicted molar refractivity (Wildman–Crippen MR) is 99.0 cm³/mol. The lowest BCUT2D eigenvalue weighted by molar-refractivity contribution is -0.121. The molecule has 0 aliphatic carbocycles. The smallest absolute Gasteiger partial charge is 0.226 e. The monoisotopic (exact) mass is 371 g/mol. The Balaban J connectivity index is 1.65. The molecule has 142 valence electrons. The van der Waals surface area contributed by atoms with Crippen LogP contribution in [0.4, 0.5) is 4.39 Å². The summed E-state index contributed by atoms with van der Waals surface area (Å²) in [6, 6.07) is 7.53. The van der Waals surface area contributed by atoms with Crippen LogP contribution in [0.3, 0.4) is 0 Å². The summed E-state index contributed by atoms with van der Waals surface area (Å²) in [5.41, 5.74) is 3.32. The van der Waals surface area contributed by atoms with E-state index in [0.717, 1.165) is 16.7 Å². The van der Waals surface area contributed by atoms with Gasteiger partial charge in [0.2, 0.25) is 11.8 Å². The number of rotatable bonds is 7. The maximum atomic E-state index is 13.1. The second kappa shape index (κ2) is 8.73. The number of methoxy groups -OCH3 is 1. The summed E-state index contributed by atoms with van der Waals surface area (Å²) in [6.45, 7) is 3.28. The molecule has 27 heavy (non-hydrogen) atoms. The zero-order valence-electron chi connectivity index (χ0n) is 15.4. The Hall–Kier alpha value is -2.80. The van der Waals surface area contributed by atoms with Crippen molar-refractivity contribution in [3.05, 3.63) is 64.7 Å². The molecule has 0 unspecified atom stereocenters. The van der Waals surface area contributed by atoms with Crippen molar-refractivity contribution in [3.63, 3.8) is 0 Å². The van der Waals surface area contributed by atoms with Crippen molar-refractivity contribution < 1.29 is 18.7 Å². The fraction of sp³-hybridized carbons (Fsp3) is 0.350. The number of carbonyl (C=O) groups excluding carboxylic acids is 1. The first-order chi connectivity index (χ1) is 13.1. The highest BCUT2D eigenvalue weighted by Gasteiger charge is 2.20. The summed E-state index contributed by atoms with van der Waals surface area (Å²) in [4.78, 5) is 21.2. The van der Waals surface area contributed by atoms with E-state index < -0.39 is 0 Å². The number of nitrogens with zero attached hydrogens (tertiary/aromatic N) is 2. The van der Waals surface area contributed by atoms with E-state index in [4.69, 9.17) is 9.47 Å². The molecule has 0 spiro atoms. The van der Waals surface area contributed by atoms with Gasteiger partial charge in [0.05, 0.1) is 43.5 Å². The average molecular weight is 371 g/mol. The molecule has 0 fully saturated rings. The first-order valence-electron chi connectivity index (χ1n) is 8.80. The normalized spacial score (nSPS) is 13.7. The van der Waals surface area contributed by atoms with E-state index in [9.17, 15) is 9.18 Å². The lowest BCUT2D eigenvalue weighted by Crippen LogP contribution is -2.32. The van der Waals surface area contributed by atoms with Crippen LogP contribution in [0.2, 0.25) is 0 Å². The molecule has 1 N–H and O–H groups in total. The summed E-state index contributed by atoms with van der Waals surface area (Å²) >= 11 is 0. The van der Waals surface area contributed by atoms with Crippen LogP contribution in [0, 0.1) is 5.82 Å². The number of carbonyl (C=O) groups is 1. The molecule has 1 aromatic heterocycles. The van der Waals surface area contributed by atoms with Crippen LogP contribution in [0.15, 0.2) is 41.5 Å². The van der Waals surface area contributed by atoms with Gasteiger partial charge >= 0.3 is 0 Å². The highest BCUT2D eigenvalue weighted by molar-refractivity contribution is 5.97. The highest BCUT2D eigenvalue weighted by Crippen LogP contribution is 2.20. The van der Waals surface area contributed by atoms with E-state index in [1.807, 2.05) is 13.0 Å². The summed E-state index contributed by atoms with van der Waals surface area (Å²) < 4.78 is 23.8. The van der Waals surface area contributed by atoms with Crippen molar-refractivity contribution >= 4 is 11.8 Å². The van der Waals surface area contributed by atoms with E-state index in [2.05, 4.69) is 15.3 Å². The van der Waals surface area contributed by atoms with Crippen molar-refractivity contribution in [2.24, 2.45) is 4.99 Å². The molecule has 1 aliphatic rings. The lowest BCUT2D eigenvalue weighted by atomic mass is 10.1. The molecule has 1 amide bonds. The van der Waals surface area contributed by atoms with Gasteiger partial charge in [-0.2, -0.15) is 0 Å². The van der Waals surface area contributed by atoms with Gasteiger partial charge in [0.1, 0.15) is 5.82 Å². The second-order valence-electron chi connectivity index (χ2n) is 6.19. The molecule has 1 aliphatic heterocycles. The van der Waals surface area contributed by atoms with Gasteiger partial charge in [-0.3, -0.25) is 9.78 Å². The molecule has 7 heteroatoms.